The van der Waals surface area contributed by atoms with Gasteiger partial charge in [-0.05, 0) is 50.9 Å². The number of hydrogen-bond acceptors (Lipinski definition) is 9. The molecule has 2 fully saturated rings. The molecule has 0 spiro atoms. The second-order valence-electron chi connectivity index (χ2n) is 10.4. The van der Waals surface area contributed by atoms with Gasteiger partial charge in [0.15, 0.2) is 0 Å². The summed E-state index contributed by atoms with van der Waals surface area (Å²) in [6.45, 7) is 3.94. The van der Waals surface area contributed by atoms with Crippen LogP contribution in [0.15, 0.2) is 29.0 Å². The van der Waals surface area contributed by atoms with E-state index >= 15 is 0 Å². The molecule has 12 heteroatoms. The fraction of sp³-hybridized carbons (Fsp3) is 0.536. The van der Waals surface area contributed by atoms with Crippen molar-refractivity contribution in [2.75, 3.05) is 24.6 Å². The molecular weight excluding hydrogens is 522 g/mol. The molecule has 0 bridgehead atoms. The molecule has 2 N–H and O–H groups in total. The number of hydrogen-bond donors (Lipinski definition) is 2. The molecule has 2 atom stereocenters. The van der Waals surface area contributed by atoms with Gasteiger partial charge in [-0.25, -0.2) is 18.7 Å². The van der Waals surface area contributed by atoms with Crippen molar-refractivity contribution in [3.8, 4) is 17.1 Å². The summed E-state index contributed by atoms with van der Waals surface area (Å²) in [5.74, 6) is -0.536. The molecular formula is C28H34F2N6O4. The van der Waals surface area contributed by atoms with Gasteiger partial charge in [0, 0.05) is 44.0 Å². The number of amides is 1. The van der Waals surface area contributed by atoms with Gasteiger partial charge >= 0.3 is 0 Å². The van der Waals surface area contributed by atoms with Crippen molar-refractivity contribution in [3.05, 3.63) is 47.6 Å². The van der Waals surface area contributed by atoms with Crippen LogP contribution in [-0.2, 0) is 6.42 Å². The minimum atomic E-state index is -0.981. The normalized spacial score (nSPS) is 19.6. The molecule has 0 unspecified atom stereocenters. The zero-order valence-electron chi connectivity index (χ0n) is 22.5. The molecule has 2 aliphatic rings. The maximum Gasteiger partial charge on any atom is 0.257 e. The molecule has 2 aromatic heterocycles. The zero-order chi connectivity index (χ0) is 28.1. The number of aliphatic hydroxyl groups excluding tert-OH is 1. The summed E-state index contributed by atoms with van der Waals surface area (Å²) >= 11 is 0. The average Bonchev–Trinajstić information content (AvgIpc) is 3.60. The number of piperidine rings is 1. The Labute approximate surface area is 231 Å². The lowest BCUT2D eigenvalue weighted by atomic mass is 9.92. The van der Waals surface area contributed by atoms with Crippen LogP contribution < -0.4 is 15.0 Å². The molecule has 1 aliphatic heterocycles. The zero-order valence-corrected chi connectivity index (χ0v) is 22.5. The Morgan fingerprint density at radius 1 is 1.15 bits per heavy atom. The molecule has 1 saturated heterocycles. The van der Waals surface area contributed by atoms with Crippen LogP contribution in [0.2, 0.25) is 0 Å². The van der Waals surface area contributed by atoms with Crippen LogP contribution in [0.3, 0.4) is 0 Å². The Morgan fingerprint density at radius 3 is 2.50 bits per heavy atom. The summed E-state index contributed by atoms with van der Waals surface area (Å²) in [7, 11) is 0. The summed E-state index contributed by atoms with van der Waals surface area (Å²) in [5.41, 5.74) is 0.0564. The number of ether oxygens (including phenoxy) is 1. The highest BCUT2D eigenvalue weighted by atomic mass is 19.1. The van der Waals surface area contributed by atoms with Crippen LogP contribution in [0, 0.1) is 17.6 Å². The van der Waals surface area contributed by atoms with Crippen molar-refractivity contribution in [1.82, 2.24) is 25.4 Å². The van der Waals surface area contributed by atoms with Crippen LogP contribution in [0.25, 0.3) is 11.4 Å². The van der Waals surface area contributed by atoms with Gasteiger partial charge in [-0.2, -0.15) is 4.98 Å². The Morgan fingerprint density at radius 2 is 1.88 bits per heavy atom. The van der Waals surface area contributed by atoms with Crippen LogP contribution in [0.4, 0.5) is 14.7 Å². The third-order valence-electron chi connectivity index (χ3n) is 7.63. The number of carbonyl (C=O) groups excluding carboxylic acids is 1. The van der Waals surface area contributed by atoms with E-state index in [1.165, 1.54) is 0 Å². The third-order valence-corrected chi connectivity index (χ3v) is 7.63. The number of halogens is 2. The molecule has 5 rings (SSSR count). The van der Waals surface area contributed by atoms with E-state index in [1.54, 1.807) is 12.4 Å². The van der Waals surface area contributed by atoms with Crippen molar-refractivity contribution in [2.24, 2.45) is 5.92 Å². The summed E-state index contributed by atoms with van der Waals surface area (Å²) in [6.07, 6.45) is 8.94. The minimum Gasteiger partial charge on any atom is -0.493 e. The number of benzene rings is 1. The topological polar surface area (TPSA) is 126 Å². The van der Waals surface area contributed by atoms with E-state index in [4.69, 9.17) is 9.26 Å². The first kappa shape index (κ1) is 27.9. The van der Waals surface area contributed by atoms with Crippen LogP contribution in [0.5, 0.6) is 5.75 Å². The van der Waals surface area contributed by atoms with E-state index in [1.807, 2.05) is 6.92 Å². The summed E-state index contributed by atoms with van der Waals surface area (Å²) in [6, 6.07) is 1.58. The molecule has 1 aromatic carbocycles. The summed E-state index contributed by atoms with van der Waals surface area (Å²) < 4.78 is 39.9. The maximum atomic E-state index is 14.6. The minimum absolute atomic E-state index is 0.0506. The highest BCUT2D eigenvalue weighted by Crippen LogP contribution is 2.26. The molecule has 3 heterocycles. The van der Waals surface area contributed by atoms with Gasteiger partial charge in [-0.1, -0.05) is 12.1 Å². The first-order chi connectivity index (χ1) is 19.4. The molecule has 40 heavy (non-hydrogen) atoms. The monoisotopic (exact) mass is 556 g/mol. The van der Waals surface area contributed by atoms with Crippen molar-refractivity contribution in [1.29, 1.82) is 0 Å². The number of nitrogens with one attached hydrogen (secondary N) is 1. The summed E-state index contributed by atoms with van der Waals surface area (Å²) in [4.78, 5) is 27.8. The van der Waals surface area contributed by atoms with E-state index in [2.05, 4.69) is 30.3 Å². The van der Waals surface area contributed by atoms with Gasteiger partial charge in [0.2, 0.25) is 17.7 Å². The molecule has 0 radical (unpaired) electrons. The Kier molecular flexibility index (Phi) is 8.83. The first-order valence-corrected chi connectivity index (χ1v) is 13.9. The van der Waals surface area contributed by atoms with Crippen LogP contribution in [-0.4, -0.2) is 63.0 Å². The first-order valence-electron chi connectivity index (χ1n) is 13.9. The number of aliphatic hydroxyl groups is 1. The van der Waals surface area contributed by atoms with Crippen molar-refractivity contribution >= 4 is 11.9 Å². The van der Waals surface area contributed by atoms with E-state index in [-0.39, 0.29) is 5.75 Å². The third kappa shape index (κ3) is 6.55. The maximum absolute atomic E-state index is 14.6. The number of aromatic nitrogens is 4. The Hall–Kier alpha value is -3.67. The average molecular weight is 557 g/mol. The van der Waals surface area contributed by atoms with Crippen molar-refractivity contribution < 1.29 is 27.9 Å². The van der Waals surface area contributed by atoms with Gasteiger partial charge in [0.1, 0.15) is 22.9 Å². The Bertz CT molecular complexity index is 1270. The number of carbonyl (C=O) groups is 1. The fourth-order valence-electron chi connectivity index (χ4n) is 5.30. The van der Waals surface area contributed by atoms with Crippen molar-refractivity contribution in [2.45, 2.75) is 70.4 Å². The highest BCUT2D eigenvalue weighted by Gasteiger charge is 2.29. The lowest BCUT2D eigenvalue weighted by Gasteiger charge is -2.32. The van der Waals surface area contributed by atoms with Crippen molar-refractivity contribution in [3.63, 3.8) is 0 Å². The van der Waals surface area contributed by atoms with E-state index < -0.39 is 35.3 Å². The van der Waals surface area contributed by atoms with Gasteiger partial charge < -0.3 is 24.6 Å². The molecule has 3 aromatic rings. The second-order valence-corrected chi connectivity index (χ2v) is 10.4. The lowest BCUT2D eigenvalue weighted by molar-refractivity contribution is 0.0864. The SMILES string of the molecule is CCc1nc(-c2cnc(N3CCC(CCCOc4cc(F)c(C(=O)N[C@@H]5CCC[C@H]5O)c(F)c4)CC3)nc2)no1. The van der Waals surface area contributed by atoms with E-state index in [9.17, 15) is 18.7 Å². The standard InChI is InChI=1S/C28H34F2N6O4/c1-2-24-34-26(35-40-24)18-15-31-28(32-16-18)36-10-8-17(9-11-36)5-4-12-39-19-13-20(29)25(21(30)14-19)27(38)33-22-6-3-7-23(22)37/h13-17,22-23,37H,2-12H2,1H3,(H,33,38)/t22-,23-/m1/s1. The molecule has 10 nitrogen and oxygen atoms in total. The smallest absolute Gasteiger partial charge is 0.257 e. The Balaban J connectivity index is 1.04. The van der Waals surface area contributed by atoms with Gasteiger partial charge in [-0.15, -0.1) is 0 Å². The molecule has 1 aliphatic carbocycles. The van der Waals surface area contributed by atoms with E-state index in [0.717, 1.165) is 57.3 Å². The predicted octanol–water partition coefficient (Wildman–Crippen LogP) is 4.09. The fourth-order valence-corrected chi connectivity index (χ4v) is 5.30. The van der Waals surface area contributed by atoms with Gasteiger partial charge in [0.25, 0.3) is 5.91 Å². The quantitative estimate of drug-likeness (QED) is 0.355. The van der Waals surface area contributed by atoms with Crippen LogP contribution in [0.1, 0.15) is 68.1 Å². The predicted molar refractivity (Wildman–Crippen MR) is 142 cm³/mol. The molecule has 1 saturated carbocycles. The molecule has 214 valence electrons. The largest absolute Gasteiger partial charge is 0.493 e. The lowest BCUT2D eigenvalue weighted by Crippen LogP contribution is -2.40. The summed E-state index contributed by atoms with van der Waals surface area (Å²) in [5, 5.41) is 16.3. The van der Waals surface area contributed by atoms with E-state index in [0.29, 0.717) is 55.0 Å². The highest BCUT2D eigenvalue weighted by molar-refractivity contribution is 5.95. The number of nitrogens with zero attached hydrogens (tertiary/aromatic N) is 5. The van der Waals surface area contributed by atoms with Gasteiger partial charge in [0.05, 0.1) is 24.3 Å². The van der Waals surface area contributed by atoms with Gasteiger partial charge in [-0.3, -0.25) is 4.79 Å². The number of rotatable bonds is 10. The number of anilines is 1. The number of aryl methyl sites for hydroxylation is 1. The molecule has 1 amide bonds. The second kappa shape index (κ2) is 12.7. The van der Waals surface area contributed by atoms with Crippen LogP contribution >= 0.6 is 0 Å².